The predicted octanol–water partition coefficient (Wildman–Crippen LogP) is 4.80. The number of nitrogens with zero attached hydrogens (tertiary/aromatic N) is 3. The minimum atomic E-state index is -1.00. The molecule has 4 aromatic rings. The van der Waals surface area contributed by atoms with Gasteiger partial charge in [0.1, 0.15) is 10.8 Å². The van der Waals surface area contributed by atoms with Crippen LogP contribution in [0.3, 0.4) is 0 Å². The van der Waals surface area contributed by atoms with Gasteiger partial charge in [-0.25, -0.2) is 9.78 Å². The lowest BCUT2D eigenvalue weighted by molar-refractivity contribution is -0.121. The highest BCUT2D eigenvalue weighted by molar-refractivity contribution is 7.15. The lowest BCUT2D eigenvalue weighted by Crippen LogP contribution is -2.38. The predicted molar refractivity (Wildman–Crippen MR) is 126 cm³/mol. The van der Waals surface area contributed by atoms with Gasteiger partial charge in [0.05, 0.1) is 29.2 Å². The van der Waals surface area contributed by atoms with Crippen LogP contribution in [0.2, 0.25) is 0 Å². The summed E-state index contributed by atoms with van der Waals surface area (Å²) in [7, 11) is 0. The molecule has 7 nitrogen and oxygen atoms in total. The average molecular weight is 458 g/mol. The Morgan fingerprint density at radius 2 is 2.03 bits per heavy atom. The van der Waals surface area contributed by atoms with E-state index in [2.05, 4.69) is 4.98 Å². The number of rotatable bonds is 5. The summed E-state index contributed by atoms with van der Waals surface area (Å²) in [6.07, 6.45) is 1.74. The fraction of sp³-hybridized carbons (Fsp3) is 0.120. The monoisotopic (exact) mass is 457 g/mol. The largest absolute Gasteiger partial charge is 0.482 e. The second-order valence-corrected chi connectivity index (χ2v) is 8.80. The highest BCUT2D eigenvalue weighted by Gasteiger charge is 2.27. The number of pyridine rings is 1. The number of fused-ring (bicyclic) bond motifs is 1. The van der Waals surface area contributed by atoms with E-state index in [1.165, 1.54) is 6.07 Å². The normalized spacial score (nSPS) is 12.9. The fourth-order valence-electron chi connectivity index (χ4n) is 3.77. The van der Waals surface area contributed by atoms with Crippen molar-refractivity contribution in [3.63, 3.8) is 0 Å². The summed E-state index contributed by atoms with van der Waals surface area (Å²) in [5, 5.41) is 10.1. The van der Waals surface area contributed by atoms with Crippen LogP contribution in [0.4, 0.5) is 5.69 Å². The Morgan fingerprint density at radius 3 is 2.82 bits per heavy atom. The van der Waals surface area contributed by atoms with E-state index in [4.69, 9.17) is 9.72 Å². The lowest BCUT2D eigenvalue weighted by atomic mass is 10.1. The molecule has 0 spiro atoms. The fourth-order valence-corrected chi connectivity index (χ4v) is 4.68. The van der Waals surface area contributed by atoms with Gasteiger partial charge in [0.15, 0.2) is 6.61 Å². The maximum absolute atomic E-state index is 12.7. The summed E-state index contributed by atoms with van der Waals surface area (Å²) < 4.78 is 5.65. The summed E-state index contributed by atoms with van der Waals surface area (Å²) in [6.45, 7) is 2.19. The third kappa shape index (κ3) is 4.08. The van der Waals surface area contributed by atoms with Gasteiger partial charge in [0, 0.05) is 16.6 Å². The smallest absolute Gasteiger partial charge is 0.335 e. The summed E-state index contributed by atoms with van der Waals surface area (Å²) >= 11 is 1.57. The third-order valence-corrected chi connectivity index (χ3v) is 6.36. The highest BCUT2D eigenvalue weighted by atomic mass is 32.1. The first-order valence-electron chi connectivity index (χ1n) is 10.3. The number of amides is 1. The number of benzene rings is 2. The van der Waals surface area contributed by atoms with E-state index >= 15 is 0 Å². The zero-order valence-corrected chi connectivity index (χ0v) is 18.5. The summed E-state index contributed by atoms with van der Waals surface area (Å²) in [6, 6.07) is 18.0. The number of carboxylic acids is 1. The molecule has 3 heterocycles. The molecular formula is C25H19N3O4S. The van der Waals surface area contributed by atoms with Gasteiger partial charge >= 0.3 is 5.97 Å². The standard InChI is InChI=1S/C25H19N3O4S/c1-15-23(27-24(33-15)19-7-2-3-10-26-19)17-8-9-21-20(12-17)28(22(29)14-32-21)13-16-5-4-6-18(11-16)25(30)31/h2-12H,13-14H2,1H3,(H,30,31). The number of hydrogen-bond acceptors (Lipinski definition) is 6. The van der Waals surface area contributed by atoms with Crippen molar-refractivity contribution >= 4 is 28.9 Å². The molecule has 1 aliphatic heterocycles. The number of aryl methyl sites for hydroxylation is 1. The molecule has 0 saturated carbocycles. The van der Waals surface area contributed by atoms with E-state index in [-0.39, 0.29) is 24.6 Å². The molecule has 0 saturated heterocycles. The molecule has 0 aliphatic carbocycles. The maximum Gasteiger partial charge on any atom is 0.335 e. The van der Waals surface area contributed by atoms with E-state index in [9.17, 15) is 14.7 Å². The molecule has 0 atom stereocenters. The lowest BCUT2D eigenvalue weighted by Gasteiger charge is -2.30. The Bertz CT molecular complexity index is 1370. The van der Waals surface area contributed by atoms with Gasteiger partial charge in [-0.05, 0) is 55.0 Å². The molecule has 8 heteroatoms. The van der Waals surface area contributed by atoms with E-state index in [1.54, 1.807) is 34.6 Å². The molecular weight excluding hydrogens is 438 g/mol. The number of carbonyl (C=O) groups excluding carboxylic acids is 1. The van der Waals surface area contributed by atoms with Crippen molar-refractivity contribution in [1.29, 1.82) is 0 Å². The van der Waals surface area contributed by atoms with Crippen molar-refractivity contribution in [3.05, 3.63) is 82.9 Å². The van der Waals surface area contributed by atoms with Crippen LogP contribution in [0.1, 0.15) is 20.8 Å². The SMILES string of the molecule is Cc1sc(-c2ccccn2)nc1-c1ccc2c(c1)N(Cc1cccc(C(=O)O)c1)C(=O)CO2. The van der Waals surface area contributed by atoms with Gasteiger partial charge in [-0.3, -0.25) is 9.78 Å². The quantitative estimate of drug-likeness (QED) is 0.463. The van der Waals surface area contributed by atoms with Crippen LogP contribution in [0.25, 0.3) is 22.0 Å². The Hall–Kier alpha value is -4.04. The van der Waals surface area contributed by atoms with Crippen molar-refractivity contribution in [2.24, 2.45) is 0 Å². The van der Waals surface area contributed by atoms with E-state index in [0.29, 0.717) is 11.4 Å². The van der Waals surface area contributed by atoms with Crippen LogP contribution >= 0.6 is 11.3 Å². The number of thiazole rings is 1. The molecule has 164 valence electrons. The van der Waals surface area contributed by atoms with Gasteiger partial charge in [-0.2, -0.15) is 0 Å². The minimum Gasteiger partial charge on any atom is -0.482 e. The molecule has 0 bridgehead atoms. The molecule has 2 aromatic heterocycles. The van der Waals surface area contributed by atoms with Gasteiger partial charge in [-0.15, -0.1) is 11.3 Å². The van der Waals surface area contributed by atoms with Crippen molar-refractivity contribution in [1.82, 2.24) is 9.97 Å². The van der Waals surface area contributed by atoms with Crippen LogP contribution < -0.4 is 9.64 Å². The molecule has 5 rings (SSSR count). The third-order valence-electron chi connectivity index (χ3n) is 5.37. The van der Waals surface area contributed by atoms with E-state index < -0.39 is 5.97 Å². The number of carboxylic acid groups (broad SMARTS) is 1. The maximum atomic E-state index is 12.7. The zero-order valence-electron chi connectivity index (χ0n) is 17.7. The molecule has 1 amide bonds. The van der Waals surface area contributed by atoms with Crippen LogP contribution in [0.15, 0.2) is 66.9 Å². The van der Waals surface area contributed by atoms with Crippen LogP contribution in [0, 0.1) is 6.92 Å². The van der Waals surface area contributed by atoms with Gasteiger partial charge in [0.25, 0.3) is 5.91 Å². The molecule has 33 heavy (non-hydrogen) atoms. The molecule has 0 unspecified atom stereocenters. The molecule has 0 fully saturated rings. The number of hydrogen-bond donors (Lipinski definition) is 1. The van der Waals surface area contributed by atoms with Gasteiger partial charge < -0.3 is 14.7 Å². The van der Waals surface area contributed by atoms with E-state index in [0.717, 1.165) is 32.4 Å². The van der Waals surface area contributed by atoms with Crippen molar-refractivity contribution < 1.29 is 19.4 Å². The zero-order chi connectivity index (χ0) is 22.9. The molecule has 0 radical (unpaired) electrons. The Labute approximate surface area is 193 Å². The summed E-state index contributed by atoms with van der Waals surface area (Å²) in [5.41, 5.74) is 4.05. The highest BCUT2D eigenvalue weighted by Crippen LogP contribution is 2.39. The summed E-state index contributed by atoms with van der Waals surface area (Å²) in [4.78, 5) is 35.9. The van der Waals surface area contributed by atoms with Crippen LogP contribution in [-0.2, 0) is 11.3 Å². The topological polar surface area (TPSA) is 92.6 Å². The number of ether oxygens (including phenoxy) is 1. The molecule has 1 aliphatic rings. The number of aromatic nitrogens is 2. The molecule has 1 N–H and O–H groups in total. The van der Waals surface area contributed by atoms with Crippen molar-refractivity contribution in [3.8, 4) is 27.7 Å². The Kier molecular flexibility index (Phi) is 5.35. The van der Waals surface area contributed by atoms with Crippen molar-refractivity contribution in [2.75, 3.05) is 11.5 Å². The minimum absolute atomic E-state index is 0.0650. The van der Waals surface area contributed by atoms with E-state index in [1.807, 2.05) is 49.4 Å². The van der Waals surface area contributed by atoms with Gasteiger partial charge in [-0.1, -0.05) is 18.2 Å². The first-order valence-corrected chi connectivity index (χ1v) is 11.1. The second-order valence-electron chi connectivity index (χ2n) is 7.60. The second kappa shape index (κ2) is 8.48. The Morgan fingerprint density at radius 1 is 1.15 bits per heavy atom. The van der Waals surface area contributed by atoms with Crippen molar-refractivity contribution in [2.45, 2.75) is 13.5 Å². The number of aromatic carboxylic acids is 1. The number of carbonyl (C=O) groups is 2. The van der Waals surface area contributed by atoms with Crippen LogP contribution in [0.5, 0.6) is 5.75 Å². The first-order chi connectivity index (χ1) is 16.0. The molecule has 2 aromatic carbocycles. The Balaban J connectivity index is 1.51. The summed E-state index contributed by atoms with van der Waals surface area (Å²) in [5.74, 6) is -0.592. The first kappa shape index (κ1) is 20.8. The van der Waals surface area contributed by atoms with Crippen LogP contribution in [-0.4, -0.2) is 33.6 Å². The average Bonchev–Trinajstić information content (AvgIpc) is 3.23. The number of anilines is 1. The van der Waals surface area contributed by atoms with Gasteiger partial charge in [0.2, 0.25) is 0 Å².